The van der Waals surface area contributed by atoms with Gasteiger partial charge < -0.3 is 25.0 Å². The van der Waals surface area contributed by atoms with E-state index in [4.69, 9.17) is 4.74 Å². The minimum absolute atomic E-state index is 0.0715. The van der Waals surface area contributed by atoms with Gasteiger partial charge in [-0.15, -0.1) is 0 Å². The van der Waals surface area contributed by atoms with Gasteiger partial charge in [0.25, 0.3) is 5.91 Å². The highest BCUT2D eigenvalue weighted by Gasteiger charge is 2.51. The first-order valence-corrected chi connectivity index (χ1v) is 11.8. The highest BCUT2D eigenvalue weighted by atomic mass is 16.5. The van der Waals surface area contributed by atoms with Gasteiger partial charge >= 0.3 is 12.0 Å². The van der Waals surface area contributed by atoms with Crippen molar-refractivity contribution in [2.24, 2.45) is 0 Å². The number of hydrogen-bond acceptors (Lipinski definition) is 4. The first-order chi connectivity index (χ1) is 16.5. The molecule has 0 aliphatic carbocycles. The number of carbonyl (C=O) groups excluding carboxylic acids is 2. The van der Waals surface area contributed by atoms with Gasteiger partial charge in [0.1, 0.15) is 5.75 Å². The number of carboxylic acid groups (broad SMARTS) is 1. The number of ether oxygens (including phenoxy) is 1. The summed E-state index contributed by atoms with van der Waals surface area (Å²) in [5.74, 6) is -0.979. The summed E-state index contributed by atoms with van der Waals surface area (Å²) in [5.41, 5.74) is 0.249. The van der Waals surface area contributed by atoms with Gasteiger partial charge in [0.15, 0.2) is 5.54 Å². The lowest BCUT2D eigenvalue weighted by atomic mass is 9.84. The fourth-order valence-electron chi connectivity index (χ4n) is 4.59. The number of rotatable bonds is 6. The van der Waals surface area contributed by atoms with Crippen LogP contribution in [0.2, 0.25) is 0 Å². The van der Waals surface area contributed by atoms with E-state index in [0.29, 0.717) is 17.9 Å². The number of carboxylic acids is 1. The van der Waals surface area contributed by atoms with E-state index in [-0.39, 0.29) is 37.5 Å². The topological polar surface area (TPSA) is 99.2 Å². The van der Waals surface area contributed by atoms with Crippen molar-refractivity contribution in [1.29, 1.82) is 0 Å². The molecule has 3 rings (SSSR count). The number of hydrogen-bond donors (Lipinski definition) is 2. The standard InChI is InChI=1S/C27H35N3O5/c1-6-28-25(34)29-14-15-30(27(18-29,24(32)33)17-19-10-8-7-9-11-19)23(31)20-12-13-21(26(2,3)4)22(16-20)35-5/h7-13,16H,6,14-15,17-18H2,1-5H3,(H,28,34)(H,32,33). The number of methoxy groups -OCH3 is 1. The van der Waals surface area contributed by atoms with Crippen LogP contribution >= 0.6 is 0 Å². The highest BCUT2D eigenvalue weighted by Crippen LogP contribution is 2.34. The van der Waals surface area contributed by atoms with Crippen molar-refractivity contribution in [1.82, 2.24) is 15.1 Å². The maximum Gasteiger partial charge on any atom is 0.331 e. The Morgan fingerprint density at radius 2 is 1.77 bits per heavy atom. The third-order valence-electron chi connectivity index (χ3n) is 6.42. The number of aliphatic carboxylic acids is 1. The predicted octanol–water partition coefficient (Wildman–Crippen LogP) is 3.55. The van der Waals surface area contributed by atoms with Gasteiger partial charge in [-0.1, -0.05) is 57.2 Å². The third kappa shape index (κ3) is 5.42. The van der Waals surface area contributed by atoms with Crippen molar-refractivity contribution >= 4 is 17.9 Å². The van der Waals surface area contributed by atoms with E-state index < -0.39 is 17.4 Å². The zero-order valence-electron chi connectivity index (χ0n) is 21.1. The molecule has 0 spiro atoms. The minimum atomic E-state index is -1.63. The summed E-state index contributed by atoms with van der Waals surface area (Å²) in [6, 6.07) is 14.1. The second-order valence-corrected chi connectivity index (χ2v) is 9.88. The number of urea groups is 1. The van der Waals surface area contributed by atoms with Crippen LogP contribution in [0.5, 0.6) is 5.75 Å². The summed E-state index contributed by atoms with van der Waals surface area (Å²) < 4.78 is 5.57. The molecule has 1 unspecified atom stereocenters. The van der Waals surface area contributed by atoms with E-state index in [1.807, 2.05) is 36.4 Å². The van der Waals surface area contributed by atoms with Crippen LogP contribution < -0.4 is 10.1 Å². The zero-order chi connectivity index (χ0) is 25.8. The van der Waals surface area contributed by atoms with Gasteiger partial charge in [0.05, 0.1) is 13.7 Å². The molecule has 1 saturated heterocycles. The van der Waals surface area contributed by atoms with Gasteiger partial charge in [-0.2, -0.15) is 0 Å². The van der Waals surface area contributed by atoms with Crippen molar-refractivity contribution in [3.63, 3.8) is 0 Å². The summed E-state index contributed by atoms with van der Waals surface area (Å²) in [5, 5.41) is 13.3. The normalized spacial score (nSPS) is 18.2. The largest absolute Gasteiger partial charge is 0.496 e. The number of benzene rings is 2. The Hall–Kier alpha value is -3.55. The van der Waals surface area contributed by atoms with Crippen LogP contribution in [0.25, 0.3) is 0 Å². The summed E-state index contributed by atoms with van der Waals surface area (Å²) in [7, 11) is 1.56. The molecule has 3 amide bonds. The Bertz CT molecular complexity index is 1080. The molecule has 1 atom stereocenters. The summed E-state index contributed by atoms with van der Waals surface area (Å²) >= 11 is 0. The lowest BCUT2D eigenvalue weighted by Crippen LogP contribution is -2.70. The molecule has 1 aliphatic heterocycles. The molecule has 2 aromatic carbocycles. The van der Waals surface area contributed by atoms with Crippen LogP contribution in [0, 0.1) is 0 Å². The zero-order valence-corrected chi connectivity index (χ0v) is 21.1. The molecule has 2 N–H and O–H groups in total. The Morgan fingerprint density at radius 1 is 1.09 bits per heavy atom. The van der Waals surface area contributed by atoms with Crippen molar-refractivity contribution in [3.8, 4) is 5.75 Å². The molecule has 1 fully saturated rings. The van der Waals surface area contributed by atoms with Crippen molar-refractivity contribution in [2.75, 3.05) is 33.3 Å². The molecule has 0 aromatic heterocycles. The van der Waals surface area contributed by atoms with E-state index >= 15 is 0 Å². The molecule has 1 aliphatic rings. The van der Waals surface area contributed by atoms with Crippen LogP contribution in [-0.4, -0.2) is 71.6 Å². The predicted molar refractivity (Wildman–Crippen MR) is 134 cm³/mol. The van der Waals surface area contributed by atoms with E-state index in [9.17, 15) is 19.5 Å². The second kappa shape index (κ2) is 10.4. The van der Waals surface area contributed by atoms with E-state index in [1.54, 1.807) is 26.2 Å². The minimum Gasteiger partial charge on any atom is -0.496 e. The number of nitrogens with one attached hydrogen (secondary N) is 1. The molecule has 0 saturated carbocycles. The van der Waals surface area contributed by atoms with Crippen LogP contribution in [0.15, 0.2) is 48.5 Å². The highest BCUT2D eigenvalue weighted by molar-refractivity contribution is 5.99. The van der Waals surface area contributed by atoms with Gasteiger partial charge in [-0.3, -0.25) is 4.79 Å². The third-order valence-corrected chi connectivity index (χ3v) is 6.42. The van der Waals surface area contributed by atoms with Gasteiger partial charge in [-0.25, -0.2) is 9.59 Å². The quantitative estimate of drug-likeness (QED) is 0.658. The summed E-state index contributed by atoms with van der Waals surface area (Å²) in [6.45, 7) is 8.62. The van der Waals surface area contributed by atoms with E-state index in [0.717, 1.165) is 11.1 Å². The van der Waals surface area contributed by atoms with Crippen LogP contribution in [0.4, 0.5) is 4.79 Å². The average Bonchev–Trinajstić information content (AvgIpc) is 2.83. The number of piperazine rings is 1. The molecule has 8 nitrogen and oxygen atoms in total. The molecular formula is C27H35N3O5. The molecule has 188 valence electrons. The average molecular weight is 482 g/mol. The Labute approximate surface area is 206 Å². The van der Waals surface area contributed by atoms with E-state index in [1.165, 1.54) is 9.80 Å². The summed E-state index contributed by atoms with van der Waals surface area (Å²) in [4.78, 5) is 42.2. The van der Waals surface area contributed by atoms with Gasteiger partial charge in [0, 0.05) is 31.6 Å². The Kier molecular flexibility index (Phi) is 7.73. The number of carbonyl (C=O) groups is 3. The van der Waals surface area contributed by atoms with Crippen molar-refractivity contribution in [3.05, 3.63) is 65.2 Å². The molecule has 8 heteroatoms. The van der Waals surface area contributed by atoms with Crippen molar-refractivity contribution in [2.45, 2.75) is 45.1 Å². The maximum absolute atomic E-state index is 13.8. The lowest BCUT2D eigenvalue weighted by molar-refractivity contribution is -0.153. The van der Waals surface area contributed by atoms with Gasteiger partial charge in [0.2, 0.25) is 0 Å². The van der Waals surface area contributed by atoms with Crippen LogP contribution in [-0.2, 0) is 16.6 Å². The molecule has 0 radical (unpaired) electrons. The molecule has 0 bridgehead atoms. The Balaban J connectivity index is 2.06. The Morgan fingerprint density at radius 3 is 2.34 bits per heavy atom. The fraction of sp³-hybridized carbons (Fsp3) is 0.444. The molecule has 35 heavy (non-hydrogen) atoms. The SMILES string of the molecule is CCNC(=O)N1CCN(C(=O)c2ccc(C(C)(C)C)c(OC)c2)C(Cc2ccccc2)(C(=O)O)C1. The fourth-order valence-corrected chi connectivity index (χ4v) is 4.59. The summed E-state index contributed by atoms with van der Waals surface area (Å²) in [6.07, 6.45) is 0.0715. The van der Waals surface area contributed by atoms with Crippen molar-refractivity contribution < 1.29 is 24.2 Å². The molecule has 2 aromatic rings. The second-order valence-electron chi connectivity index (χ2n) is 9.88. The first-order valence-electron chi connectivity index (χ1n) is 11.8. The lowest BCUT2D eigenvalue weighted by Gasteiger charge is -2.48. The molecule has 1 heterocycles. The van der Waals surface area contributed by atoms with E-state index in [2.05, 4.69) is 26.1 Å². The van der Waals surface area contributed by atoms with Crippen LogP contribution in [0.3, 0.4) is 0 Å². The number of amides is 3. The monoisotopic (exact) mass is 481 g/mol. The maximum atomic E-state index is 13.8. The smallest absolute Gasteiger partial charge is 0.331 e. The van der Waals surface area contributed by atoms with Gasteiger partial charge in [-0.05, 0) is 35.6 Å². The first kappa shape index (κ1) is 26.1. The molecular weight excluding hydrogens is 446 g/mol. The number of nitrogens with zero attached hydrogens (tertiary/aromatic N) is 2. The van der Waals surface area contributed by atoms with Crippen LogP contribution in [0.1, 0.15) is 49.2 Å².